The summed E-state index contributed by atoms with van der Waals surface area (Å²) in [4.78, 5) is 62.8. The average molecular weight is 1910 g/mol. The van der Waals surface area contributed by atoms with E-state index in [-0.39, 0.29) is 116 Å². The standard InChI is InChI=1S/C87H136N14O33/c1-60(102)89-68-71-74(129-81(4,5)126-71)85(57-123-77(68)132-85)54-116-41-38-113-35-32-110-29-26-107-23-20-99-44-64(93-96-99)48-119-51-84(92-67(105)18-14-11-15-19-88-80(106)122-47-63-16-12-10-13-17-63,52-120-49-65-45-100(97-94-65)21-24-108-27-30-111-33-36-114-39-42-117-55-86-58-124-78(133-86)69(90-61(2)103)72-75(86)130-82(6,7)127-72)53-121-50-66-46-101(98-95-66)22-25-109-28-31-112-34-37-115-40-43-118-56-87-59-125-79(134-87)70(91-62(3)104)73-76(87)131-83(8,9)128-73/h10,12-13,16-17,44-46,68-79H,11,14-15,18-43,47-59H2,1-9H3,(H,88,106)(H,89,102)(H,90,103)(H,91,104)(H,92,105)/t68-,69-,70-,71-,72-,73?,74-,75-,76-,77-,78+,79+,84?,85+,86+,87+/m1/s1. The Morgan fingerprint density at radius 2 is 0.709 bits per heavy atom. The van der Waals surface area contributed by atoms with Crippen LogP contribution in [0.15, 0.2) is 48.9 Å². The van der Waals surface area contributed by atoms with Crippen LogP contribution in [0.5, 0.6) is 0 Å². The molecule has 3 aromatic heterocycles. The van der Waals surface area contributed by atoms with E-state index in [1.165, 1.54) is 20.8 Å². The van der Waals surface area contributed by atoms with E-state index in [1.54, 1.807) is 32.6 Å². The van der Waals surface area contributed by atoms with Crippen LogP contribution in [0.3, 0.4) is 0 Å². The first-order chi connectivity index (χ1) is 64.8. The van der Waals surface area contributed by atoms with E-state index in [9.17, 15) is 24.0 Å². The van der Waals surface area contributed by atoms with Gasteiger partial charge in [0, 0.05) is 33.7 Å². The lowest BCUT2D eigenvalue weighted by molar-refractivity contribution is -0.214. The number of carbonyl (C=O) groups is 5. The number of nitrogens with one attached hydrogen (secondary N) is 5. The molecule has 9 aliphatic heterocycles. The van der Waals surface area contributed by atoms with Gasteiger partial charge in [-0.05, 0) is 59.9 Å². The van der Waals surface area contributed by atoms with Gasteiger partial charge in [0.15, 0.2) is 36.2 Å². The molecule has 9 aliphatic rings. The maximum atomic E-state index is 14.3. The molecule has 9 saturated heterocycles. The number of alkyl carbamates (subject to hydrolysis) is 1. The number of amides is 5. The summed E-state index contributed by atoms with van der Waals surface area (Å²) in [5.41, 5.74) is -1.60. The number of nitrogens with zero attached hydrogens (tertiary/aromatic N) is 9. The van der Waals surface area contributed by atoms with E-state index < -0.39 is 119 Å². The van der Waals surface area contributed by atoms with Gasteiger partial charge < -0.3 is 159 Å². The second-order valence-corrected chi connectivity index (χ2v) is 35.5. The fourth-order valence-electron chi connectivity index (χ4n) is 16.9. The quantitative estimate of drug-likeness (QED) is 0.0374. The van der Waals surface area contributed by atoms with E-state index in [1.807, 2.05) is 71.9 Å². The maximum Gasteiger partial charge on any atom is 0.407 e. The molecule has 9 fully saturated rings. The van der Waals surface area contributed by atoms with Crippen LogP contribution in [0.25, 0.3) is 0 Å². The molecule has 12 heterocycles. The van der Waals surface area contributed by atoms with Crippen molar-refractivity contribution in [3.8, 4) is 0 Å². The highest BCUT2D eigenvalue weighted by Gasteiger charge is 2.69. The lowest BCUT2D eigenvalue weighted by atomic mass is 9.88. The first-order valence-corrected chi connectivity index (χ1v) is 46.1. The molecule has 1 aromatic carbocycles. The van der Waals surface area contributed by atoms with Crippen LogP contribution in [-0.4, -0.2) is 393 Å². The molecule has 47 heteroatoms. The Balaban J connectivity index is 0.536. The number of hydrogen-bond donors (Lipinski definition) is 5. The van der Waals surface area contributed by atoms with Gasteiger partial charge in [-0.25, -0.2) is 18.8 Å². The molecule has 47 nitrogen and oxygen atoms in total. The predicted octanol–water partition coefficient (Wildman–Crippen LogP) is 0.403. The molecule has 752 valence electrons. The fourth-order valence-corrected chi connectivity index (χ4v) is 16.9. The van der Waals surface area contributed by atoms with Gasteiger partial charge in [-0.2, -0.15) is 0 Å². The van der Waals surface area contributed by atoms with Gasteiger partial charge in [-0.3, -0.25) is 19.2 Å². The number of carbonyl (C=O) groups excluding carboxylic acids is 5. The number of hydrogen-bond acceptors (Lipinski definition) is 39. The van der Waals surface area contributed by atoms with Crippen molar-refractivity contribution in [1.82, 2.24) is 71.6 Å². The molecule has 0 aliphatic carbocycles. The van der Waals surface area contributed by atoms with E-state index in [2.05, 4.69) is 57.5 Å². The number of rotatable bonds is 66. The second kappa shape index (κ2) is 51.0. The molecule has 134 heavy (non-hydrogen) atoms. The minimum absolute atomic E-state index is 0.000671. The Morgan fingerprint density at radius 1 is 0.388 bits per heavy atom. The smallest absolute Gasteiger partial charge is 0.407 e. The van der Waals surface area contributed by atoms with Crippen LogP contribution < -0.4 is 26.6 Å². The number of unbranched alkanes of at least 4 members (excludes halogenated alkanes) is 2. The topological polar surface area (TPSA) is 496 Å². The number of aromatic nitrogens is 9. The van der Waals surface area contributed by atoms with Crippen molar-refractivity contribution >= 4 is 29.7 Å². The molecule has 13 rings (SSSR count). The lowest BCUT2D eigenvalue weighted by Crippen LogP contribution is -2.65. The lowest BCUT2D eigenvalue weighted by Gasteiger charge is -2.42. The minimum Gasteiger partial charge on any atom is -0.445 e. The number of benzene rings is 1. The molecule has 5 N–H and O–H groups in total. The van der Waals surface area contributed by atoms with Gasteiger partial charge in [0.1, 0.15) is 101 Å². The molecule has 0 spiro atoms. The Bertz CT molecular complexity index is 3870. The van der Waals surface area contributed by atoms with E-state index in [0.717, 1.165) is 5.56 Å². The highest BCUT2D eigenvalue weighted by Crippen LogP contribution is 2.50. The first-order valence-electron chi connectivity index (χ1n) is 46.1. The van der Waals surface area contributed by atoms with Gasteiger partial charge in [0.2, 0.25) is 23.6 Å². The molecule has 16 atom stereocenters. The Hall–Kier alpha value is -7.29. The monoisotopic (exact) mass is 1900 g/mol. The minimum atomic E-state index is -1.31. The zero-order valence-electron chi connectivity index (χ0n) is 78.2. The van der Waals surface area contributed by atoms with Crippen LogP contribution in [0.2, 0.25) is 0 Å². The highest BCUT2D eigenvalue weighted by molar-refractivity contribution is 5.77. The largest absolute Gasteiger partial charge is 0.445 e. The van der Waals surface area contributed by atoms with Crippen molar-refractivity contribution in [3.63, 3.8) is 0 Å². The van der Waals surface area contributed by atoms with E-state index in [0.29, 0.717) is 201 Å². The molecule has 4 aromatic rings. The van der Waals surface area contributed by atoms with Gasteiger partial charge in [-0.1, -0.05) is 52.4 Å². The van der Waals surface area contributed by atoms with Crippen molar-refractivity contribution in [2.24, 2.45) is 0 Å². The predicted molar refractivity (Wildman–Crippen MR) is 458 cm³/mol. The first kappa shape index (κ1) is 104. The maximum absolute atomic E-state index is 14.3. The van der Waals surface area contributed by atoms with Crippen molar-refractivity contribution in [3.05, 3.63) is 71.6 Å². The van der Waals surface area contributed by atoms with Gasteiger partial charge in [0.05, 0.1) is 256 Å². The summed E-state index contributed by atoms with van der Waals surface area (Å²) in [6, 6.07) is 7.83. The molecule has 0 saturated carbocycles. The van der Waals surface area contributed by atoms with Gasteiger partial charge in [-0.15, -0.1) is 15.3 Å². The van der Waals surface area contributed by atoms with E-state index in [4.69, 9.17) is 133 Å². The van der Waals surface area contributed by atoms with Crippen LogP contribution >= 0.6 is 0 Å². The third kappa shape index (κ3) is 31.1. The molecule has 0 radical (unpaired) electrons. The third-order valence-corrected chi connectivity index (χ3v) is 22.9. The Labute approximate surface area is 778 Å². The molecular formula is C87H136N14O33. The summed E-state index contributed by atoms with van der Waals surface area (Å²) in [5, 5.41) is 40.7. The van der Waals surface area contributed by atoms with E-state index >= 15 is 0 Å². The van der Waals surface area contributed by atoms with Crippen LogP contribution in [0.4, 0.5) is 4.79 Å². The summed E-state index contributed by atoms with van der Waals surface area (Å²) < 4.78 is 174. The normalized spacial score (nSPS) is 27.4. The second-order valence-electron chi connectivity index (χ2n) is 35.5. The summed E-state index contributed by atoms with van der Waals surface area (Å²) in [6.07, 6.45) is 1.52. The molecular weight excluding hydrogens is 1770 g/mol. The SMILES string of the molecule is CC(=O)N[C@H]1[C@@H]2OC[C@](COCCOCCOCCOCCn3cc(COCC(COCc4cn(CCOCCOCCOCCOC[C@@]56CO[C@@H](O5)[C@H](NC(C)=O)C5OC(C)(C)O[C@H]56)nn4)(COCc4cn(CCOCCOCCOCCOC[C@@]56CO[C@@H](O5)[C@H](NC(C)=O)[C@H]5OC(C)(C)O[C@H]56)nn4)NC(=O)CCCCCNC(=O)OCc4ccccc4)nn3)(O2)[C@@H]2OC(C)(C)O[C@H]12. The Kier molecular flexibility index (Phi) is 39.6. The summed E-state index contributed by atoms with van der Waals surface area (Å²) in [6.45, 7) is 24.7. The van der Waals surface area contributed by atoms with Gasteiger partial charge >= 0.3 is 6.09 Å². The Morgan fingerprint density at radius 3 is 1.04 bits per heavy atom. The zero-order chi connectivity index (χ0) is 94.3. The fraction of sp³-hybridized carbons (Fsp3) is 0.805. The van der Waals surface area contributed by atoms with Crippen LogP contribution in [0.1, 0.15) is 111 Å². The zero-order valence-corrected chi connectivity index (χ0v) is 78.2. The molecule has 6 bridgehead atoms. The van der Waals surface area contributed by atoms with Crippen molar-refractivity contribution < 1.29 is 157 Å². The number of ether oxygens (including phenoxy) is 28. The highest BCUT2D eigenvalue weighted by atomic mass is 16.8. The molecule has 2 unspecified atom stereocenters. The van der Waals surface area contributed by atoms with Crippen LogP contribution in [-0.2, 0) is 198 Å². The van der Waals surface area contributed by atoms with Crippen molar-refractivity contribution in [2.45, 2.75) is 247 Å². The summed E-state index contributed by atoms with van der Waals surface area (Å²) >= 11 is 0. The van der Waals surface area contributed by atoms with Crippen LogP contribution in [0, 0.1) is 0 Å². The van der Waals surface area contributed by atoms with Crippen molar-refractivity contribution in [1.29, 1.82) is 0 Å². The average Bonchev–Trinajstić information content (AvgIpc) is 1.58. The number of fused-ring (bicyclic) bond motifs is 12. The third-order valence-electron chi connectivity index (χ3n) is 22.9. The van der Waals surface area contributed by atoms with Crippen molar-refractivity contribution in [2.75, 3.05) is 205 Å². The summed E-state index contributed by atoms with van der Waals surface area (Å²) in [5.74, 6) is -3.59. The summed E-state index contributed by atoms with van der Waals surface area (Å²) in [7, 11) is 0. The molecule has 5 amide bonds. The van der Waals surface area contributed by atoms with Gasteiger partial charge in [0.25, 0.3) is 0 Å².